The van der Waals surface area contributed by atoms with Gasteiger partial charge in [-0.15, -0.1) is 0 Å². The zero-order valence-corrected chi connectivity index (χ0v) is 20.0. The van der Waals surface area contributed by atoms with Crippen molar-refractivity contribution in [2.75, 3.05) is 6.61 Å². The van der Waals surface area contributed by atoms with Crippen LogP contribution < -0.4 is 0 Å². The van der Waals surface area contributed by atoms with Crippen molar-refractivity contribution >= 4 is 6.47 Å². The van der Waals surface area contributed by atoms with Gasteiger partial charge in [0, 0.05) is 0 Å². The first-order valence-electron chi connectivity index (χ1n) is 12.1. The van der Waals surface area contributed by atoms with Crippen LogP contribution in [-0.4, -0.2) is 13.1 Å². The number of hydrogen-bond acceptors (Lipinski definition) is 2. The van der Waals surface area contributed by atoms with Gasteiger partial charge in [0.1, 0.15) is 6.61 Å². The molecule has 0 N–H and O–H groups in total. The summed E-state index contributed by atoms with van der Waals surface area (Å²) in [6.45, 7) is 15.0. The summed E-state index contributed by atoms with van der Waals surface area (Å²) in [5.41, 5.74) is 1.33. The van der Waals surface area contributed by atoms with Crippen LogP contribution in [0.1, 0.15) is 119 Å². The molecule has 0 aromatic heterocycles. The quantitative estimate of drug-likeness (QED) is 0.125. The lowest BCUT2D eigenvalue weighted by atomic mass is 9.90. The van der Waals surface area contributed by atoms with Gasteiger partial charge in [-0.3, -0.25) is 4.79 Å². The summed E-state index contributed by atoms with van der Waals surface area (Å²) < 4.78 is 4.72. The highest BCUT2D eigenvalue weighted by atomic mass is 16.5. The van der Waals surface area contributed by atoms with Crippen molar-refractivity contribution in [3.05, 3.63) is 11.6 Å². The molecule has 0 aromatic carbocycles. The molecule has 0 aliphatic rings. The Morgan fingerprint density at radius 3 is 1.57 bits per heavy atom. The molecule has 3 unspecified atom stereocenters. The number of rotatable bonds is 19. The van der Waals surface area contributed by atoms with E-state index in [2.05, 4.69) is 41.5 Å². The maximum absolute atomic E-state index is 10.1. The summed E-state index contributed by atoms with van der Waals surface area (Å²) in [5, 5.41) is 0. The van der Waals surface area contributed by atoms with Crippen molar-refractivity contribution in [1.82, 2.24) is 0 Å². The molecule has 0 fully saturated rings. The van der Waals surface area contributed by atoms with Crippen LogP contribution in [0.3, 0.4) is 0 Å². The highest BCUT2D eigenvalue weighted by molar-refractivity contribution is 5.37. The first-order chi connectivity index (χ1) is 13.3. The lowest BCUT2D eigenvalue weighted by Gasteiger charge is -2.16. The Morgan fingerprint density at radius 1 is 0.714 bits per heavy atom. The Bertz CT molecular complexity index is 386. The number of allylic oxidation sites excluding steroid dienone is 1. The zero-order chi connectivity index (χ0) is 21.2. The molecule has 2 nitrogen and oxygen atoms in total. The van der Waals surface area contributed by atoms with Gasteiger partial charge in [0.2, 0.25) is 0 Å². The summed E-state index contributed by atoms with van der Waals surface area (Å²) in [5.74, 6) is 3.48. The van der Waals surface area contributed by atoms with Gasteiger partial charge in [-0.1, -0.05) is 104 Å². The van der Waals surface area contributed by atoms with Crippen LogP contribution in [0.2, 0.25) is 0 Å². The van der Waals surface area contributed by atoms with Crippen LogP contribution >= 0.6 is 0 Å². The van der Waals surface area contributed by atoms with Crippen LogP contribution in [0, 0.1) is 23.7 Å². The minimum atomic E-state index is 0.416. The molecule has 0 saturated heterocycles. The van der Waals surface area contributed by atoms with Crippen LogP contribution in [0.4, 0.5) is 0 Å². The fourth-order valence-corrected chi connectivity index (χ4v) is 4.00. The molecule has 3 atom stereocenters. The molecule has 2 heteroatoms. The van der Waals surface area contributed by atoms with Gasteiger partial charge in [-0.2, -0.15) is 0 Å². The van der Waals surface area contributed by atoms with Gasteiger partial charge in [0.25, 0.3) is 6.47 Å². The Balaban J connectivity index is 3.62. The third-order valence-corrected chi connectivity index (χ3v) is 6.13. The number of carbonyl (C=O) groups excluding carboxylic acids is 1. The van der Waals surface area contributed by atoms with E-state index in [1.165, 1.54) is 76.2 Å². The van der Waals surface area contributed by atoms with Crippen molar-refractivity contribution in [1.29, 1.82) is 0 Å². The lowest BCUT2D eigenvalue weighted by molar-refractivity contribution is -0.127. The van der Waals surface area contributed by atoms with Crippen LogP contribution in [0.25, 0.3) is 0 Å². The van der Waals surface area contributed by atoms with Crippen molar-refractivity contribution in [3.63, 3.8) is 0 Å². The smallest absolute Gasteiger partial charge is 0.293 e. The predicted molar refractivity (Wildman–Crippen MR) is 124 cm³/mol. The standard InChI is InChI=1S/C26H50O2/c1-22(2)11-7-12-23(3)13-8-14-24(4)15-9-16-25(5)17-10-18-26(6)19-20-28-21-27/h19,21-25H,7-18,20H2,1-6H3. The molecule has 0 radical (unpaired) electrons. The van der Waals surface area contributed by atoms with E-state index in [4.69, 9.17) is 4.74 Å². The van der Waals surface area contributed by atoms with E-state index in [1.54, 1.807) is 0 Å². The molecule has 166 valence electrons. The van der Waals surface area contributed by atoms with Crippen LogP contribution in [0.5, 0.6) is 0 Å². The predicted octanol–water partition coefficient (Wildman–Crippen LogP) is 8.35. The number of ether oxygens (including phenoxy) is 1. The number of carbonyl (C=O) groups is 1. The SMILES string of the molecule is CC(=CCOC=O)CCCC(C)CCCC(C)CCCC(C)CCCC(C)C. The third kappa shape index (κ3) is 18.6. The average Bonchev–Trinajstić information content (AvgIpc) is 2.61. The maximum Gasteiger partial charge on any atom is 0.293 e. The van der Waals surface area contributed by atoms with Crippen molar-refractivity contribution in [2.24, 2.45) is 23.7 Å². The second-order valence-corrected chi connectivity index (χ2v) is 9.87. The molecular formula is C26H50O2. The average molecular weight is 395 g/mol. The summed E-state index contributed by atoms with van der Waals surface area (Å²) >= 11 is 0. The van der Waals surface area contributed by atoms with Gasteiger partial charge >= 0.3 is 0 Å². The topological polar surface area (TPSA) is 26.3 Å². The molecular weight excluding hydrogens is 344 g/mol. The van der Waals surface area contributed by atoms with Crippen LogP contribution in [-0.2, 0) is 9.53 Å². The normalized spacial score (nSPS) is 15.5. The molecule has 0 rings (SSSR count). The zero-order valence-electron chi connectivity index (χ0n) is 20.0. The van der Waals surface area contributed by atoms with Gasteiger partial charge in [-0.05, 0) is 49.5 Å². The highest BCUT2D eigenvalue weighted by Crippen LogP contribution is 2.23. The van der Waals surface area contributed by atoms with Gasteiger partial charge in [0.15, 0.2) is 0 Å². The fourth-order valence-electron chi connectivity index (χ4n) is 4.00. The van der Waals surface area contributed by atoms with E-state index in [0.717, 1.165) is 30.1 Å². The molecule has 0 spiro atoms. The lowest BCUT2D eigenvalue weighted by Crippen LogP contribution is -2.01. The fraction of sp³-hybridized carbons (Fsp3) is 0.885. The monoisotopic (exact) mass is 394 g/mol. The van der Waals surface area contributed by atoms with Gasteiger partial charge in [-0.25, -0.2) is 0 Å². The molecule has 0 amide bonds. The van der Waals surface area contributed by atoms with E-state index in [0.29, 0.717) is 13.1 Å². The third-order valence-electron chi connectivity index (χ3n) is 6.13. The molecule has 0 aliphatic heterocycles. The Morgan fingerprint density at radius 2 is 1.14 bits per heavy atom. The maximum atomic E-state index is 10.1. The Hall–Kier alpha value is -0.790. The molecule has 0 aliphatic carbocycles. The second kappa shape index (κ2) is 18.3. The Labute approximate surface area is 176 Å². The van der Waals surface area contributed by atoms with Gasteiger partial charge in [0.05, 0.1) is 0 Å². The Kier molecular flexibility index (Phi) is 17.7. The minimum absolute atomic E-state index is 0.416. The van der Waals surface area contributed by atoms with Crippen molar-refractivity contribution in [3.8, 4) is 0 Å². The van der Waals surface area contributed by atoms with E-state index < -0.39 is 0 Å². The second-order valence-electron chi connectivity index (χ2n) is 9.87. The largest absolute Gasteiger partial charge is 0.464 e. The highest BCUT2D eigenvalue weighted by Gasteiger charge is 2.08. The van der Waals surface area contributed by atoms with Crippen molar-refractivity contribution < 1.29 is 9.53 Å². The van der Waals surface area contributed by atoms with E-state index in [-0.39, 0.29) is 0 Å². The molecule has 28 heavy (non-hydrogen) atoms. The summed E-state index contributed by atoms with van der Waals surface area (Å²) in [7, 11) is 0. The van der Waals surface area contributed by atoms with E-state index >= 15 is 0 Å². The first-order valence-corrected chi connectivity index (χ1v) is 12.1. The first kappa shape index (κ1) is 27.2. The molecule has 0 aromatic rings. The number of hydrogen-bond donors (Lipinski definition) is 0. The molecule has 0 saturated carbocycles. The van der Waals surface area contributed by atoms with E-state index in [1.807, 2.05) is 6.08 Å². The van der Waals surface area contributed by atoms with Crippen molar-refractivity contribution in [2.45, 2.75) is 119 Å². The summed E-state index contributed by atoms with van der Waals surface area (Å²) in [6, 6.07) is 0. The minimum Gasteiger partial charge on any atom is -0.464 e. The molecule has 0 heterocycles. The van der Waals surface area contributed by atoms with E-state index in [9.17, 15) is 4.79 Å². The van der Waals surface area contributed by atoms with Crippen LogP contribution in [0.15, 0.2) is 11.6 Å². The van der Waals surface area contributed by atoms with Gasteiger partial charge < -0.3 is 4.74 Å². The summed E-state index contributed by atoms with van der Waals surface area (Å²) in [6.07, 6.45) is 18.3. The summed E-state index contributed by atoms with van der Waals surface area (Å²) in [4.78, 5) is 10.1. The molecule has 0 bridgehead atoms.